The second kappa shape index (κ2) is 12.0. The van der Waals surface area contributed by atoms with E-state index in [2.05, 4.69) is 10.5 Å². The third kappa shape index (κ3) is 6.53. The Kier molecular flexibility index (Phi) is 8.54. The fourth-order valence-electron chi connectivity index (χ4n) is 4.04. The lowest BCUT2D eigenvalue weighted by molar-refractivity contribution is -0.124. The minimum Gasteiger partial charge on any atom is -0.491 e. The molecule has 3 aromatic carbocycles. The maximum atomic E-state index is 13.5. The van der Waals surface area contributed by atoms with Gasteiger partial charge in [-0.15, -0.1) is 0 Å². The second-order valence-electron chi connectivity index (χ2n) is 8.52. The summed E-state index contributed by atoms with van der Waals surface area (Å²) in [6.45, 7) is -0.200. The zero-order chi connectivity index (χ0) is 26.3. The van der Waals surface area contributed by atoms with Gasteiger partial charge >= 0.3 is 0 Å². The predicted octanol–water partition coefficient (Wildman–Crippen LogP) is 2.68. The molecule has 0 bridgehead atoms. The Morgan fingerprint density at radius 1 is 1.03 bits per heavy atom. The van der Waals surface area contributed by atoms with E-state index in [-0.39, 0.29) is 31.0 Å². The van der Waals surface area contributed by atoms with Gasteiger partial charge in [0.25, 0.3) is 0 Å². The molecule has 37 heavy (non-hydrogen) atoms. The van der Waals surface area contributed by atoms with Crippen molar-refractivity contribution in [3.63, 3.8) is 0 Å². The van der Waals surface area contributed by atoms with Crippen LogP contribution in [0.3, 0.4) is 0 Å². The fraction of sp³-hybridized carbons (Fsp3) is 0.259. The lowest BCUT2D eigenvalue weighted by atomic mass is 10.1. The van der Waals surface area contributed by atoms with Gasteiger partial charge in [-0.3, -0.25) is 4.79 Å². The molecule has 3 aromatic rings. The van der Waals surface area contributed by atoms with Crippen LogP contribution in [0.2, 0.25) is 0 Å². The van der Waals surface area contributed by atoms with Crippen LogP contribution in [0.15, 0.2) is 95.0 Å². The number of oxime groups is 1. The Labute approximate surface area is 216 Å². The van der Waals surface area contributed by atoms with Crippen molar-refractivity contribution in [1.29, 1.82) is 0 Å². The standard InChI is InChI=1S/C27H29N3O6S/c1-35-29-22-16-26(27(32)28-17-23(31)19-36-24-10-6-3-7-11-24)30(18-22)37(33,34)25-14-12-21(13-15-25)20-8-4-2-5-9-20/h2-15,23,26,31H,16-19H2,1H3,(H,28,32)/b29-22-/t23?,26-/m0/s1. The molecule has 1 heterocycles. The predicted molar refractivity (Wildman–Crippen MR) is 140 cm³/mol. The molecular weight excluding hydrogens is 494 g/mol. The smallest absolute Gasteiger partial charge is 0.244 e. The van der Waals surface area contributed by atoms with Crippen molar-refractivity contribution in [1.82, 2.24) is 9.62 Å². The highest BCUT2D eigenvalue weighted by atomic mass is 32.2. The van der Waals surface area contributed by atoms with E-state index >= 15 is 0 Å². The molecule has 10 heteroatoms. The molecule has 1 aliphatic rings. The molecule has 0 aliphatic carbocycles. The number of rotatable bonds is 10. The van der Waals surface area contributed by atoms with E-state index in [0.717, 1.165) is 15.4 Å². The van der Waals surface area contributed by atoms with Crippen molar-refractivity contribution in [2.45, 2.75) is 23.5 Å². The van der Waals surface area contributed by atoms with Crippen LogP contribution in [0.1, 0.15) is 6.42 Å². The summed E-state index contributed by atoms with van der Waals surface area (Å²) in [6, 6.07) is 24.1. The minimum atomic E-state index is -4.02. The van der Waals surface area contributed by atoms with Crippen LogP contribution in [0, 0.1) is 0 Å². The van der Waals surface area contributed by atoms with Gasteiger partial charge in [-0.1, -0.05) is 65.8 Å². The van der Waals surface area contributed by atoms with Crippen LogP contribution in [0.5, 0.6) is 5.75 Å². The second-order valence-corrected chi connectivity index (χ2v) is 10.4. The van der Waals surface area contributed by atoms with E-state index in [1.54, 1.807) is 24.3 Å². The summed E-state index contributed by atoms with van der Waals surface area (Å²) in [5, 5.41) is 16.8. The first kappa shape index (κ1) is 26.3. The molecule has 0 aromatic heterocycles. The van der Waals surface area contributed by atoms with Gasteiger partial charge in [0.05, 0.1) is 17.2 Å². The quantitative estimate of drug-likeness (QED) is 0.395. The number of aliphatic hydroxyl groups is 1. The molecule has 9 nitrogen and oxygen atoms in total. The van der Waals surface area contributed by atoms with Crippen molar-refractivity contribution in [2.75, 3.05) is 26.8 Å². The van der Waals surface area contributed by atoms with Crippen LogP contribution in [0.25, 0.3) is 11.1 Å². The minimum absolute atomic E-state index is 0.0267. The van der Waals surface area contributed by atoms with Crippen molar-refractivity contribution in [3.8, 4) is 16.9 Å². The molecule has 1 saturated heterocycles. The van der Waals surface area contributed by atoms with Crippen LogP contribution in [-0.4, -0.2) is 68.4 Å². The third-order valence-corrected chi connectivity index (χ3v) is 7.77. The lowest BCUT2D eigenvalue weighted by Gasteiger charge is -2.23. The molecular formula is C27H29N3O6S. The number of amides is 1. The first-order valence-electron chi connectivity index (χ1n) is 11.8. The Bertz CT molecular complexity index is 1320. The molecule has 0 spiro atoms. The van der Waals surface area contributed by atoms with Crippen LogP contribution >= 0.6 is 0 Å². The summed E-state index contributed by atoms with van der Waals surface area (Å²) in [5.74, 6) is 0.0594. The summed E-state index contributed by atoms with van der Waals surface area (Å²) in [7, 11) is -2.65. The molecule has 1 aliphatic heterocycles. The van der Waals surface area contributed by atoms with Crippen LogP contribution < -0.4 is 10.1 Å². The number of hydrogen-bond donors (Lipinski definition) is 2. The fourth-order valence-corrected chi connectivity index (χ4v) is 5.62. The van der Waals surface area contributed by atoms with E-state index in [0.29, 0.717) is 11.5 Å². The number of nitrogens with zero attached hydrogens (tertiary/aromatic N) is 2. The molecule has 1 unspecified atom stereocenters. The van der Waals surface area contributed by atoms with Gasteiger partial charge in [0.2, 0.25) is 15.9 Å². The highest BCUT2D eigenvalue weighted by Crippen LogP contribution is 2.27. The summed E-state index contributed by atoms with van der Waals surface area (Å²) < 4.78 is 33.7. The molecule has 0 saturated carbocycles. The van der Waals surface area contributed by atoms with Gasteiger partial charge in [-0.2, -0.15) is 4.31 Å². The summed E-state index contributed by atoms with van der Waals surface area (Å²) in [5.41, 5.74) is 2.28. The van der Waals surface area contributed by atoms with Crippen LogP contribution in [0.4, 0.5) is 0 Å². The Morgan fingerprint density at radius 3 is 2.30 bits per heavy atom. The first-order chi connectivity index (χ1) is 17.9. The normalized spacial score (nSPS) is 17.9. The molecule has 0 radical (unpaired) electrons. The van der Waals surface area contributed by atoms with Crippen molar-refractivity contribution < 1.29 is 27.9 Å². The number of para-hydroxylation sites is 1. The average Bonchev–Trinajstić information content (AvgIpc) is 3.37. The molecule has 1 amide bonds. The number of nitrogens with one attached hydrogen (secondary N) is 1. The zero-order valence-electron chi connectivity index (χ0n) is 20.4. The maximum absolute atomic E-state index is 13.5. The van der Waals surface area contributed by atoms with Crippen LogP contribution in [-0.2, 0) is 19.7 Å². The Balaban J connectivity index is 1.44. The molecule has 194 valence electrons. The SMILES string of the molecule is CO/N=C1/C[C@@H](C(=O)NCC(O)COc2ccccc2)N(S(=O)(=O)c2ccc(-c3ccccc3)cc2)C1. The van der Waals surface area contributed by atoms with E-state index in [4.69, 9.17) is 9.57 Å². The lowest BCUT2D eigenvalue weighted by Crippen LogP contribution is -2.48. The number of ether oxygens (including phenoxy) is 1. The average molecular weight is 524 g/mol. The monoisotopic (exact) mass is 523 g/mol. The van der Waals surface area contributed by atoms with Gasteiger partial charge in [-0.25, -0.2) is 8.42 Å². The molecule has 2 atom stereocenters. The summed E-state index contributed by atoms with van der Waals surface area (Å²) >= 11 is 0. The number of hydrogen-bond acceptors (Lipinski definition) is 7. The van der Waals surface area contributed by atoms with E-state index < -0.39 is 28.1 Å². The zero-order valence-corrected chi connectivity index (χ0v) is 21.2. The molecule has 1 fully saturated rings. The molecule has 4 rings (SSSR count). The van der Waals surface area contributed by atoms with Crippen molar-refractivity contribution in [2.24, 2.45) is 5.16 Å². The van der Waals surface area contributed by atoms with E-state index in [9.17, 15) is 18.3 Å². The van der Waals surface area contributed by atoms with Gasteiger partial charge in [0.1, 0.15) is 31.6 Å². The van der Waals surface area contributed by atoms with Gasteiger partial charge in [-0.05, 0) is 35.4 Å². The number of carbonyl (C=O) groups is 1. The van der Waals surface area contributed by atoms with E-state index in [1.165, 1.54) is 19.2 Å². The van der Waals surface area contributed by atoms with Gasteiger partial charge in [0.15, 0.2) is 0 Å². The van der Waals surface area contributed by atoms with E-state index in [1.807, 2.05) is 48.5 Å². The van der Waals surface area contributed by atoms with Crippen molar-refractivity contribution in [3.05, 3.63) is 84.9 Å². The van der Waals surface area contributed by atoms with Gasteiger partial charge in [0, 0.05) is 13.0 Å². The maximum Gasteiger partial charge on any atom is 0.244 e. The topological polar surface area (TPSA) is 118 Å². The highest BCUT2D eigenvalue weighted by molar-refractivity contribution is 7.89. The summed E-state index contributed by atoms with van der Waals surface area (Å²) in [6.07, 6.45) is -0.897. The number of benzene rings is 3. The molecule has 2 N–H and O–H groups in total. The summed E-state index contributed by atoms with van der Waals surface area (Å²) in [4.78, 5) is 17.9. The number of aliphatic hydroxyl groups excluding tert-OH is 1. The first-order valence-corrected chi connectivity index (χ1v) is 13.2. The van der Waals surface area contributed by atoms with Crippen molar-refractivity contribution >= 4 is 21.6 Å². The third-order valence-electron chi connectivity index (χ3n) is 5.90. The van der Waals surface area contributed by atoms with Gasteiger partial charge < -0.3 is 20.0 Å². The number of carbonyl (C=O) groups excluding carboxylic acids is 1. The largest absolute Gasteiger partial charge is 0.491 e. The number of sulfonamides is 1. The Morgan fingerprint density at radius 2 is 1.65 bits per heavy atom. The Hall–Kier alpha value is -3.73. The highest BCUT2D eigenvalue weighted by Gasteiger charge is 2.42.